The van der Waals surface area contributed by atoms with Crippen LogP contribution in [0.15, 0.2) is 48.6 Å². The second kappa shape index (κ2) is 30.8. The Bertz CT molecular complexity index is 879. The number of hydrogen-bond donors (Lipinski definition) is 0. The van der Waals surface area contributed by atoms with Crippen LogP contribution in [0.4, 0.5) is 0 Å². The van der Waals surface area contributed by atoms with Gasteiger partial charge in [0.05, 0.1) is 34.4 Å². The fourth-order valence-corrected chi connectivity index (χ4v) is 5.09. The molecular formula is C37H68NO7P. The van der Waals surface area contributed by atoms with Gasteiger partial charge in [-0.1, -0.05) is 114 Å². The van der Waals surface area contributed by atoms with Crippen molar-refractivity contribution in [3.63, 3.8) is 0 Å². The van der Waals surface area contributed by atoms with Crippen molar-refractivity contribution >= 4 is 13.8 Å². The van der Waals surface area contributed by atoms with Crippen LogP contribution in [0.25, 0.3) is 0 Å². The van der Waals surface area contributed by atoms with Crippen LogP contribution in [-0.2, 0) is 27.9 Å². The Morgan fingerprint density at radius 1 is 0.696 bits per heavy atom. The maximum absolute atomic E-state index is 12.4. The maximum Gasteiger partial charge on any atom is 0.306 e. The average molecular weight is 670 g/mol. The molecule has 0 rings (SSSR count). The summed E-state index contributed by atoms with van der Waals surface area (Å²) in [5.41, 5.74) is 0. The Hall–Kier alpha value is -1.54. The van der Waals surface area contributed by atoms with Crippen molar-refractivity contribution in [2.75, 3.05) is 54.1 Å². The topological polar surface area (TPSA) is 94.1 Å². The van der Waals surface area contributed by atoms with Crippen LogP contribution in [-0.4, -0.2) is 70.7 Å². The Morgan fingerprint density at radius 2 is 1.26 bits per heavy atom. The van der Waals surface area contributed by atoms with Gasteiger partial charge in [0, 0.05) is 13.0 Å². The van der Waals surface area contributed by atoms with Gasteiger partial charge >= 0.3 is 5.97 Å². The number of phosphoric ester groups is 1. The van der Waals surface area contributed by atoms with Gasteiger partial charge in [-0.25, -0.2) is 0 Å². The van der Waals surface area contributed by atoms with Crippen LogP contribution in [0, 0.1) is 0 Å². The molecule has 0 aromatic carbocycles. The molecular weight excluding hydrogens is 601 g/mol. The number of esters is 1. The number of ether oxygens (including phenoxy) is 2. The quantitative estimate of drug-likeness (QED) is 0.0232. The van der Waals surface area contributed by atoms with Crippen molar-refractivity contribution in [2.45, 2.75) is 129 Å². The molecule has 0 aliphatic carbocycles. The summed E-state index contributed by atoms with van der Waals surface area (Å²) in [5, 5.41) is 0. The minimum atomic E-state index is -4.51. The van der Waals surface area contributed by atoms with Gasteiger partial charge in [-0.2, -0.15) is 0 Å². The lowest BCUT2D eigenvalue weighted by atomic mass is 10.1. The Labute approximate surface area is 282 Å². The second-order valence-electron chi connectivity index (χ2n) is 12.9. The number of likely N-dealkylation sites (N-methyl/N-ethyl adjacent to an activating group) is 1. The molecule has 0 aliphatic heterocycles. The first-order chi connectivity index (χ1) is 22.1. The zero-order chi connectivity index (χ0) is 34.2. The van der Waals surface area contributed by atoms with Gasteiger partial charge in [0.25, 0.3) is 7.82 Å². The minimum absolute atomic E-state index is 0.0205. The molecule has 0 N–H and O–H groups in total. The summed E-state index contributed by atoms with van der Waals surface area (Å²) < 4.78 is 34.2. The lowest BCUT2D eigenvalue weighted by Gasteiger charge is -2.28. The number of allylic oxidation sites excluding steroid dienone is 8. The normalized spacial score (nSPS) is 14.7. The van der Waals surface area contributed by atoms with E-state index in [0.717, 1.165) is 70.6 Å². The highest BCUT2D eigenvalue weighted by Gasteiger charge is 2.20. The molecule has 8 nitrogen and oxygen atoms in total. The van der Waals surface area contributed by atoms with Crippen molar-refractivity contribution in [1.82, 2.24) is 0 Å². The number of quaternary nitrogens is 1. The molecule has 268 valence electrons. The number of phosphoric acid groups is 1. The Morgan fingerprint density at radius 3 is 1.89 bits per heavy atom. The summed E-state index contributed by atoms with van der Waals surface area (Å²) in [6, 6.07) is 0. The van der Waals surface area contributed by atoms with E-state index in [-0.39, 0.29) is 25.8 Å². The first-order valence-electron chi connectivity index (χ1n) is 17.9. The first-order valence-corrected chi connectivity index (χ1v) is 19.3. The summed E-state index contributed by atoms with van der Waals surface area (Å²) in [4.78, 5) is 24.7. The Balaban J connectivity index is 4.24. The van der Waals surface area contributed by atoms with E-state index in [1.807, 2.05) is 21.1 Å². The van der Waals surface area contributed by atoms with Crippen molar-refractivity contribution in [1.29, 1.82) is 0 Å². The van der Waals surface area contributed by atoms with Gasteiger partial charge in [0.15, 0.2) is 0 Å². The van der Waals surface area contributed by atoms with Gasteiger partial charge in [-0.05, 0) is 51.4 Å². The lowest BCUT2D eigenvalue weighted by molar-refractivity contribution is -0.870. The molecule has 0 saturated carbocycles. The van der Waals surface area contributed by atoms with E-state index in [2.05, 4.69) is 62.5 Å². The second-order valence-corrected chi connectivity index (χ2v) is 14.3. The average Bonchev–Trinajstić information content (AvgIpc) is 2.99. The number of carbonyl (C=O) groups is 1. The summed E-state index contributed by atoms with van der Waals surface area (Å²) in [5.74, 6) is -0.354. The molecule has 0 aliphatic rings. The van der Waals surface area contributed by atoms with Crippen LogP contribution in [0.5, 0.6) is 0 Å². The third kappa shape index (κ3) is 33.8. The standard InChI is InChI=1S/C37H68NO7P/c1-6-8-10-12-14-15-16-17-18-19-20-21-22-23-24-25-27-29-32-42-34-36(45-37(39)30-28-26-13-11-9-7-2)35-44-46(40,41)43-33-31-38(3,4)5/h8,10,14-15,17-18,20-21,36H,6-7,9,11-13,16,19,22-35H2,1-5H3/b10-8-,15-14-,18-17-,21-20-. The molecule has 0 bridgehead atoms. The van der Waals surface area contributed by atoms with Crippen LogP contribution in [0.1, 0.15) is 123 Å². The van der Waals surface area contributed by atoms with E-state index in [0.29, 0.717) is 24.1 Å². The van der Waals surface area contributed by atoms with E-state index in [9.17, 15) is 14.3 Å². The van der Waals surface area contributed by atoms with Gasteiger partial charge in [-0.15, -0.1) is 0 Å². The largest absolute Gasteiger partial charge is 0.756 e. The highest BCUT2D eigenvalue weighted by molar-refractivity contribution is 7.45. The summed E-state index contributed by atoms with van der Waals surface area (Å²) >= 11 is 0. The SMILES string of the molecule is CC/C=C\C/C=C\C/C=C\C/C=C\CCCCCCCOCC(COP(=O)([O-])OCC[N+](C)(C)C)OC(=O)CCCCCCCC. The molecule has 0 aromatic rings. The summed E-state index contributed by atoms with van der Waals surface area (Å²) in [6.07, 6.45) is 34.3. The predicted octanol–water partition coefficient (Wildman–Crippen LogP) is 9.02. The van der Waals surface area contributed by atoms with Crippen LogP contribution >= 0.6 is 7.82 Å². The third-order valence-corrected chi connectivity index (χ3v) is 8.11. The number of unbranched alkanes of at least 4 members (excludes halogenated alkanes) is 10. The summed E-state index contributed by atoms with van der Waals surface area (Å²) in [7, 11) is 1.33. The lowest BCUT2D eigenvalue weighted by Crippen LogP contribution is -2.37. The Kier molecular flexibility index (Phi) is 29.7. The molecule has 9 heteroatoms. The smallest absolute Gasteiger partial charge is 0.306 e. The van der Waals surface area contributed by atoms with Crippen LogP contribution in [0.2, 0.25) is 0 Å². The highest BCUT2D eigenvalue weighted by atomic mass is 31.2. The molecule has 2 unspecified atom stereocenters. The van der Waals surface area contributed by atoms with E-state index < -0.39 is 13.9 Å². The van der Waals surface area contributed by atoms with Crippen molar-refractivity contribution in [3.05, 3.63) is 48.6 Å². The van der Waals surface area contributed by atoms with E-state index in [1.54, 1.807) is 0 Å². The van der Waals surface area contributed by atoms with E-state index >= 15 is 0 Å². The zero-order valence-corrected chi connectivity index (χ0v) is 30.9. The van der Waals surface area contributed by atoms with Crippen molar-refractivity contribution < 1.29 is 37.3 Å². The monoisotopic (exact) mass is 669 g/mol. The van der Waals surface area contributed by atoms with E-state index in [1.165, 1.54) is 32.1 Å². The number of hydrogen-bond acceptors (Lipinski definition) is 7. The third-order valence-electron chi connectivity index (χ3n) is 7.14. The zero-order valence-electron chi connectivity index (χ0n) is 30.0. The highest BCUT2D eigenvalue weighted by Crippen LogP contribution is 2.38. The van der Waals surface area contributed by atoms with Gasteiger partial charge in [-0.3, -0.25) is 9.36 Å². The fourth-order valence-electron chi connectivity index (χ4n) is 4.36. The number of rotatable bonds is 32. The molecule has 46 heavy (non-hydrogen) atoms. The maximum atomic E-state index is 12.4. The van der Waals surface area contributed by atoms with Crippen molar-refractivity contribution in [2.24, 2.45) is 0 Å². The van der Waals surface area contributed by atoms with Crippen LogP contribution in [0.3, 0.4) is 0 Å². The first kappa shape index (κ1) is 44.5. The van der Waals surface area contributed by atoms with Gasteiger partial charge in [0.1, 0.15) is 19.3 Å². The molecule has 2 atom stereocenters. The summed E-state index contributed by atoms with van der Waals surface area (Å²) in [6.45, 7) is 5.16. The molecule has 0 heterocycles. The molecule has 0 amide bonds. The molecule has 0 fully saturated rings. The predicted molar refractivity (Wildman–Crippen MR) is 190 cm³/mol. The fraction of sp³-hybridized carbons (Fsp3) is 0.757. The molecule has 0 saturated heterocycles. The van der Waals surface area contributed by atoms with Gasteiger partial charge < -0.3 is 27.9 Å². The molecule has 0 radical (unpaired) electrons. The van der Waals surface area contributed by atoms with Crippen LogP contribution < -0.4 is 4.89 Å². The minimum Gasteiger partial charge on any atom is -0.756 e. The number of nitrogens with zero attached hydrogens (tertiary/aromatic N) is 1. The van der Waals surface area contributed by atoms with Crippen molar-refractivity contribution in [3.8, 4) is 0 Å². The van der Waals surface area contributed by atoms with Gasteiger partial charge in [0.2, 0.25) is 0 Å². The number of carbonyl (C=O) groups excluding carboxylic acids is 1. The molecule has 0 spiro atoms. The molecule has 0 aromatic heterocycles. The van der Waals surface area contributed by atoms with E-state index in [4.69, 9.17) is 18.5 Å².